The van der Waals surface area contributed by atoms with Crippen LogP contribution in [-0.2, 0) is 22.7 Å². The van der Waals surface area contributed by atoms with Crippen LogP contribution in [0, 0.1) is 12.8 Å². The summed E-state index contributed by atoms with van der Waals surface area (Å²) in [5, 5.41) is 2.75. The second-order valence-corrected chi connectivity index (χ2v) is 6.70. The van der Waals surface area contributed by atoms with Gasteiger partial charge in [-0.2, -0.15) is 0 Å². The molecule has 0 bridgehead atoms. The number of carbonyl (C=O) groups is 2. The Bertz CT molecular complexity index is 803. The number of benzene rings is 2. The number of hydrogen-bond acceptors (Lipinski definition) is 3. The molecule has 0 radical (unpaired) electrons. The van der Waals surface area contributed by atoms with Crippen molar-refractivity contribution in [3.8, 4) is 5.75 Å². The molecule has 2 aromatic carbocycles. The second kappa shape index (κ2) is 8.04. The van der Waals surface area contributed by atoms with Gasteiger partial charge in [-0.15, -0.1) is 0 Å². The topological polar surface area (TPSA) is 58.6 Å². The van der Waals surface area contributed by atoms with E-state index in [1.807, 2.05) is 54.3 Å². The quantitative estimate of drug-likeness (QED) is 0.870. The Morgan fingerprint density at radius 3 is 2.69 bits per heavy atom. The number of ether oxygens (including phenoxy) is 1. The summed E-state index contributed by atoms with van der Waals surface area (Å²) < 4.78 is 5.43. The Morgan fingerprint density at radius 2 is 2.00 bits per heavy atom. The number of carbonyl (C=O) groups excluding carboxylic acids is 2. The molecule has 0 aliphatic carbocycles. The van der Waals surface area contributed by atoms with Crippen LogP contribution in [-0.4, -0.2) is 30.4 Å². The lowest BCUT2D eigenvalue weighted by atomic mass is 10.0. The van der Waals surface area contributed by atoms with Crippen molar-refractivity contribution < 1.29 is 14.3 Å². The number of methoxy groups -OCH3 is 1. The lowest BCUT2D eigenvalue weighted by molar-refractivity contribution is -0.137. The molecular weight excluding hydrogens is 328 g/mol. The fraction of sp³-hybridized carbons (Fsp3) is 0.333. The molecule has 1 aliphatic rings. The van der Waals surface area contributed by atoms with Crippen LogP contribution in [0.3, 0.4) is 0 Å². The molecule has 26 heavy (non-hydrogen) atoms. The van der Waals surface area contributed by atoms with Crippen molar-refractivity contribution >= 4 is 11.8 Å². The maximum Gasteiger partial charge on any atom is 0.228 e. The number of para-hydroxylation sites is 1. The first kappa shape index (κ1) is 18.0. The van der Waals surface area contributed by atoms with Crippen molar-refractivity contribution in [3.63, 3.8) is 0 Å². The van der Waals surface area contributed by atoms with E-state index in [0.717, 1.165) is 22.4 Å². The molecule has 0 unspecified atom stereocenters. The second-order valence-electron chi connectivity index (χ2n) is 6.70. The van der Waals surface area contributed by atoms with Gasteiger partial charge in [-0.3, -0.25) is 9.59 Å². The molecule has 136 valence electrons. The predicted octanol–water partition coefficient (Wildman–Crippen LogP) is 2.67. The molecule has 0 spiro atoms. The monoisotopic (exact) mass is 352 g/mol. The summed E-state index contributed by atoms with van der Waals surface area (Å²) in [5.41, 5.74) is 3.18. The van der Waals surface area contributed by atoms with Crippen LogP contribution in [0.15, 0.2) is 48.5 Å². The van der Waals surface area contributed by atoms with Crippen LogP contribution in [0.1, 0.15) is 23.1 Å². The van der Waals surface area contributed by atoms with E-state index >= 15 is 0 Å². The third-order valence-corrected chi connectivity index (χ3v) is 4.65. The molecule has 1 saturated heterocycles. The smallest absolute Gasteiger partial charge is 0.228 e. The van der Waals surface area contributed by atoms with Gasteiger partial charge in [-0.05, 0) is 18.6 Å². The van der Waals surface area contributed by atoms with Gasteiger partial charge in [0.25, 0.3) is 0 Å². The molecule has 1 atom stereocenters. The lowest BCUT2D eigenvalue weighted by Crippen LogP contribution is -2.36. The third kappa shape index (κ3) is 4.23. The van der Waals surface area contributed by atoms with Gasteiger partial charge in [0.05, 0.1) is 13.0 Å². The standard InChI is InChI=1S/C21H24N2O3/c1-15-6-5-7-16(10-15)13-23(21(25)18-11-20(24)22-12-18)14-17-8-3-4-9-19(17)26-2/h3-10,18H,11-14H2,1-2H3,(H,22,24)/t18-/m1/s1. The number of amides is 2. The molecule has 1 aliphatic heterocycles. The van der Waals surface area contributed by atoms with E-state index < -0.39 is 0 Å². The van der Waals surface area contributed by atoms with Crippen molar-refractivity contribution in [1.82, 2.24) is 10.2 Å². The zero-order valence-electron chi connectivity index (χ0n) is 15.2. The van der Waals surface area contributed by atoms with Crippen LogP contribution >= 0.6 is 0 Å². The Hall–Kier alpha value is -2.82. The molecule has 2 amide bonds. The zero-order chi connectivity index (χ0) is 18.5. The SMILES string of the molecule is COc1ccccc1CN(Cc1cccc(C)c1)C(=O)[C@H]1CNC(=O)C1. The number of aryl methyl sites for hydroxylation is 1. The van der Waals surface area contributed by atoms with Crippen molar-refractivity contribution in [3.05, 3.63) is 65.2 Å². The predicted molar refractivity (Wildman–Crippen MR) is 99.5 cm³/mol. The lowest BCUT2D eigenvalue weighted by Gasteiger charge is -2.26. The molecule has 0 aromatic heterocycles. The minimum Gasteiger partial charge on any atom is -0.496 e. The van der Waals surface area contributed by atoms with Gasteiger partial charge in [0.15, 0.2) is 0 Å². The Morgan fingerprint density at radius 1 is 1.19 bits per heavy atom. The average Bonchev–Trinajstić information content (AvgIpc) is 3.07. The van der Waals surface area contributed by atoms with E-state index in [4.69, 9.17) is 4.74 Å². The highest BCUT2D eigenvalue weighted by molar-refractivity contribution is 5.89. The Balaban J connectivity index is 1.85. The van der Waals surface area contributed by atoms with Gasteiger partial charge < -0.3 is 15.0 Å². The van der Waals surface area contributed by atoms with Crippen molar-refractivity contribution in [2.45, 2.75) is 26.4 Å². The minimum atomic E-state index is -0.304. The van der Waals surface area contributed by atoms with E-state index in [1.54, 1.807) is 7.11 Å². The van der Waals surface area contributed by atoms with Gasteiger partial charge in [0, 0.05) is 31.6 Å². The van der Waals surface area contributed by atoms with Crippen LogP contribution in [0.4, 0.5) is 0 Å². The van der Waals surface area contributed by atoms with E-state index in [0.29, 0.717) is 19.6 Å². The summed E-state index contributed by atoms with van der Waals surface area (Å²) in [7, 11) is 1.63. The highest BCUT2D eigenvalue weighted by Crippen LogP contribution is 2.23. The van der Waals surface area contributed by atoms with Gasteiger partial charge in [0.1, 0.15) is 5.75 Å². The first-order chi connectivity index (χ1) is 12.6. The van der Waals surface area contributed by atoms with E-state index in [1.165, 1.54) is 0 Å². The molecule has 1 heterocycles. The van der Waals surface area contributed by atoms with E-state index in [9.17, 15) is 9.59 Å². The zero-order valence-corrected chi connectivity index (χ0v) is 15.2. The summed E-state index contributed by atoms with van der Waals surface area (Å²) in [5.74, 6) is 0.393. The maximum absolute atomic E-state index is 13.1. The van der Waals surface area contributed by atoms with Crippen molar-refractivity contribution in [1.29, 1.82) is 0 Å². The number of nitrogens with one attached hydrogen (secondary N) is 1. The van der Waals surface area contributed by atoms with Crippen LogP contribution in [0.2, 0.25) is 0 Å². The number of nitrogens with zero attached hydrogens (tertiary/aromatic N) is 1. The maximum atomic E-state index is 13.1. The fourth-order valence-corrected chi connectivity index (χ4v) is 3.32. The minimum absolute atomic E-state index is 0.00392. The van der Waals surface area contributed by atoms with Crippen LogP contribution in [0.25, 0.3) is 0 Å². The van der Waals surface area contributed by atoms with Crippen molar-refractivity contribution in [2.24, 2.45) is 5.92 Å². The molecule has 0 saturated carbocycles. The van der Waals surface area contributed by atoms with Crippen LogP contribution < -0.4 is 10.1 Å². The molecule has 5 heteroatoms. The molecule has 1 N–H and O–H groups in total. The summed E-state index contributed by atoms with van der Waals surface area (Å²) in [4.78, 5) is 26.4. The van der Waals surface area contributed by atoms with Gasteiger partial charge in [-0.1, -0.05) is 48.0 Å². The largest absolute Gasteiger partial charge is 0.496 e. The molecular formula is C21H24N2O3. The van der Waals surface area contributed by atoms with E-state index in [-0.39, 0.29) is 24.2 Å². The Kier molecular flexibility index (Phi) is 5.56. The van der Waals surface area contributed by atoms with Gasteiger partial charge >= 0.3 is 0 Å². The fourth-order valence-electron chi connectivity index (χ4n) is 3.32. The third-order valence-electron chi connectivity index (χ3n) is 4.65. The molecule has 3 rings (SSSR count). The summed E-state index contributed by atoms with van der Waals surface area (Å²) >= 11 is 0. The Labute approximate surface area is 154 Å². The first-order valence-electron chi connectivity index (χ1n) is 8.79. The highest BCUT2D eigenvalue weighted by Gasteiger charge is 2.31. The first-order valence-corrected chi connectivity index (χ1v) is 8.79. The summed E-state index contributed by atoms with van der Waals surface area (Å²) in [6, 6.07) is 15.8. The summed E-state index contributed by atoms with van der Waals surface area (Å²) in [6.45, 7) is 3.40. The number of hydrogen-bond donors (Lipinski definition) is 1. The van der Waals surface area contributed by atoms with Gasteiger partial charge in [-0.25, -0.2) is 0 Å². The van der Waals surface area contributed by atoms with Crippen LogP contribution in [0.5, 0.6) is 5.75 Å². The highest BCUT2D eigenvalue weighted by atomic mass is 16.5. The molecule has 5 nitrogen and oxygen atoms in total. The average molecular weight is 352 g/mol. The van der Waals surface area contributed by atoms with Gasteiger partial charge in [0.2, 0.25) is 11.8 Å². The molecule has 2 aromatic rings. The normalized spacial score (nSPS) is 16.2. The van der Waals surface area contributed by atoms with Crippen molar-refractivity contribution in [2.75, 3.05) is 13.7 Å². The molecule has 1 fully saturated rings. The summed E-state index contributed by atoms with van der Waals surface area (Å²) in [6.07, 6.45) is 0.259. The number of rotatable bonds is 6. The van der Waals surface area contributed by atoms with E-state index in [2.05, 4.69) is 11.4 Å².